The molecule has 0 rings (SSSR count). The summed E-state index contributed by atoms with van der Waals surface area (Å²) in [5.74, 6) is -2.47. The molecule has 0 atom stereocenters. The quantitative estimate of drug-likeness (QED) is 0.289. The third-order valence-electron chi connectivity index (χ3n) is 3.93. The standard InChI is InChI=1S/C18H32N2O6/c21-15(19-13-17(23)24)11-9-7-5-3-1-2-4-6-8-10-12-16(22)20-14-18(25)26/h1-14H2,(H,19,21)(H,20,22)(H,23,24)(H,25,26). The molecular weight excluding hydrogens is 340 g/mol. The van der Waals surface area contributed by atoms with E-state index in [4.69, 9.17) is 10.2 Å². The summed E-state index contributed by atoms with van der Waals surface area (Å²) in [7, 11) is 0. The van der Waals surface area contributed by atoms with Gasteiger partial charge < -0.3 is 20.8 Å². The summed E-state index contributed by atoms with van der Waals surface area (Å²) in [5, 5.41) is 21.6. The Morgan fingerprint density at radius 1 is 0.500 bits per heavy atom. The van der Waals surface area contributed by atoms with Gasteiger partial charge in [0.05, 0.1) is 0 Å². The normalized spacial score (nSPS) is 10.3. The maximum Gasteiger partial charge on any atom is 0.322 e. The molecule has 2 amide bonds. The molecule has 0 aliphatic heterocycles. The highest BCUT2D eigenvalue weighted by atomic mass is 16.4. The van der Waals surface area contributed by atoms with Gasteiger partial charge in [0.1, 0.15) is 13.1 Å². The predicted octanol–water partition coefficient (Wildman–Crippen LogP) is 2.07. The molecule has 0 spiro atoms. The van der Waals surface area contributed by atoms with Gasteiger partial charge in [0.2, 0.25) is 11.8 Å². The molecule has 0 aliphatic rings. The number of aliphatic carboxylic acids is 2. The molecule has 0 bridgehead atoms. The van der Waals surface area contributed by atoms with Crippen LogP contribution < -0.4 is 10.6 Å². The second-order valence-corrected chi connectivity index (χ2v) is 6.38. The number of amides is 2. The minimum absolute atomic E-state index is 0.205. The lowest BCUT2D eigenvalue weighted by Crippen LogP contribution is -2.28. The fourth-order valence-corrected chi connectivity index (χ4v) is 2.51. The fraction of sp³-hybridized carbons (Fsp3) is 0.778. The Hall–Kier alpha value is -2.12. The van der Waals surface area contributed by atoms with Gasteiger partial charge in [0.25, 0.3) is 0 Å². The first kappa shape index (κ1) is 23.9. The summed E-state index contributed by atoms with van der Waals surface area (Å²) in [4.78, 5) is 43.2. The van der Waals surface area contributed by atoms with E-state index >= 15 is 0 Å². The van der Waals surface area contributed by atoms with Gasteiger partial charge in [-0.25, -0.2) is 0 Å². The van der Waals surface area contributed by atoms with Crippen molar-refractivity contribution in [1.29, 1.82) is 0 Å². The number of carbonyl (C=O) groups is 4. The van der Waals surface area contributed by atoms with Crippen molar-refractivity contribution in [2.45, 2.75) is 77.0 Å². The Bertz CT molecular complexity index is 399. The summed E-state index contributed by atoms with van der Waals surface area (Å²) in [6.45, 7) is -0.627. The first-order valence-corrected chi connectivity index (χ1v) is 9.39. The molecule has 0 saturated carbocycles. The maximum atomic E-state index is 11.3. The molecule has 0 radical (unpaired) electrons. The van der Waals surface area contributed by atoms with Gasteiger partial charge in [-0.2, -0.15) is 0 Å². The number of hydrogen-bond acceptors (Lipinski definition) is 4. The van der Waals surface area contributed by atoms with Crippen molar-refractivity contribution >= 4 is 23.8 Å². The predicted molar refractivity (Wildman–Crippen MR) is 96.7 cm³/mol. The van der Waals surface area contributed by atoms with Crippen LogP contribution in [-0.4, -0.2) is 47.1 Å². The first-order chi connectivity index (χ1) is 12.4. The molecule has 0 saturated heterocycles. The zero-order chi connectivity index (χ0) is 19.6. The van der Waals surface area contributed by atoms with Crippen molar-refractivity contribution in [3.8, 4) is 0 Å². The lowest BCUT2D eigenvalue weighted by atomic mass is 10.0. The van der Waals surface area contributed by atoms with Crippen LogP contribution in [0, 0.1) is 0 Å². The number of carboxylic acids is 2. The second kappa shape index (κ2) is 16.4. The third kappa shape index (κ3) is 18.2. The third-order valence-corrected chi connectivity index (χ3v) is 3.93. The van der Waals surface area contributed by atoms with Crippen LogP contribution in [0.1, 0.15) is 77.0 Å². The molecule has 0 fully saturated rings. The summed E-state index contributed by atoms with van der Waals surface area (Å²) in [6, 6.07) is 0. The average Bonchev–Trinajstić information content (AvgIpc) is 2.59. The van der Waals surface area contributed by atoms with Crippen molar-refractivity contribution in [3.63, 3.8) is 0 Å². The molecule has 0 unspecified atom stereocenters. The Morgan fingerprint density at radius 3 is 1.04 bits per heavy atom. The van der Waals surface area contributed by atoms with Gasteiger partial charge in [-0.3, -0.25) is 19.2 Å². The largest absolute Gasteiger partial charge is 0.480 e. The summed E-state index contributed by atoms with van der Waals surface area (Å²) in [5.41, 5.74) is 0. The SMILES string of the molecule is O=C(O)CNC(=O)CCCCCCCCCCCCC(=O)NCC(=O)O. The molecule has 0 aliphatic carbocycles. The van der Waals surface area contributed by atoms with Crippen molar-refractivity contribution in [1.82, 2.24) is 10.6 Å². The lowest BCUT2D eigenvalue weighted by Gasteiger charge is -2.04. The van der Waals surface area contributed by atoms with Crippen molar-refractivity contribution in [2.24, 2.45) is 0 Å². The maximum absolute atomic E-state index is 11.3. The van der Waals surface area contributed by atoms with Crippen LogP contribution in [0.5, 0.6) is 0 Å². The Morgan fingerprint density at radius 2 is 0.769 bits per heavy atom. The van der Waals surface area contributed by atoms with Crippen LogP contribution in [0.2, 0.25) is 0 Å². The topological polar surface area (TPSA) is 133 Å². The van der Waals surface area contributed by atoms with Gasteiger partial charge in [0, 0.05) is 12.8 Å². The summed E-state index contributed by atoms with van der Waals surface area (Å²) >= 11 is 0. The zero-order valence-corrected chi connectivity index (χ0v) is 15.4. The molecule has 0 aromatic heterocycles. The van der Waals surface area contributed by atoms with E-state index in [1.54, 1.807) is 0 Å². The van der Waals surface area contributed by atoms with E-state index in [1.807, 2.05) is 0 Å². The molecule has 0 heterocycles. The minimum Gasteiger partial charge on any atom is -0.480 e. The molecule has 8 nitrogen and oxygen atoms in total. The van der Waals surface area contributed by atoms with Crippen molar-refractivity contribution < 1.29 is 29.4 Å². The number of rotatable bonds is 17. The van der Waals surface area contributed by atoms with Crippen LogP contribution in [0.25, 0.3) is 0 Å². The number of carboxylic acid groups (broad SMARTS) is 2. The van der Waals surface area contributed by atoms with Gasteiger partial charge in [-0.1, -0.05) is 51.4 Å². The Kier molecular flexibility index (Phi) is 15.0. The first-order valence-electron chi connectivity index (χ1n) is 9.39. The number of carbonyl (C=O) groups excluding carboxylic acids is 2. The number of hydrogen-bond donors (Lipinski definition) is 4. The van der Waals surface area contributed by atoms with E-state index in [1.165, 1.54) is 0 Å². The Labute approximate surface area is 154 Å². The van der Waals surface area contributed by atoms with Crippen molar-refractivity contribution in [2.75, 3.05) is 13.1 Å². The Balaban J connectivity index is 3.24. The van der Waals surface area contributed by atoms with E-state index in [0.29, 0.717) is 12.8 Å². The molecule has 0 aromatic rings. The highest BCUT2D eigenvalue weighted by Crippen LogP contribution is 2.12. The fourth-order valence-electron chi connectivity index (χ4n) is 2.51. The van der Waals surface area contributed by atoms with E-state index in [0.717, 1.165) is 64.2 Å². The summed E-state index contributed by atoms with van der Waals surface area (Å²) in [6.07, 6.45) is 11.0. The van der Waals surface area contributed by atoms with E-state index in [2.05, 4.69) is 10.6 Å². The monoisotopic (exact) mass is 372 g/mol. The smallest absolute Gasteiger partial charge is 0.322 e. The van der Waals surface area contributed by atoms with Crippen LogP contribution in [0.3, 0.4) is 0 Å². The van der Waals surface area contributed by atoms with Crippen LogP contribution in [0.15, 0.2) is 0 Å². The second-order valence-electron chi connectivity index (χ2n) is 6.38. The van der Waals surface area contributed by atoms with E-state index < -0.39 is 11.9 Å². The lowest BCUT2D eigenvalue weighted by molar-refractivity contribution is -0.138. The number of nitrogens with one attached hydrogen (secondary N) is 2. The molecule has 4 N–H and O–H groups in total. The average molecular weight is 372 g/mol. The van der Waals surface area contributed by atoms with Crippen LogP contribution in [-0.2, 0) is 19.2 Å². The minimum atomic E-state index is -1.03. The molecular formula is C18H32N2O6. The zero-order valence-electron chi connectivity index (χ0n) is 15.4. The highest BCUT2D eigenvalue weighted by molar-refractivity contribution is 5.81. The van der Waals surface area contributed by atoms with Gasteiger partial charge >= 0.3 is 11.9 Å². The van der Waals surface area contributed by atoms with Crippen molar-refractivity contribution in [3.05, 3.63) is 0 Å². The van der Waals surface area contributed by atoms with Gasteiger partial charge in [0.15, 0.2) is 0 Å². The highest BCUT2D eigenvalue weighted by Gasteiger charge is 2.04. The van der Waals surface area contributed by atoms with E-state index in [-0.39, 0.29) is 24.9 Å². The molecule has 150 valence electrons. The summed E-state index contributed by atoms with van der Waals surface area (Å²) < 4.78 is 0. The van der Waals surface area contributed by atoms with Gasteiger partial charge in [-0.15, -0.1) is 0 Å². The molecule has 8 heteroatoms. The molecule has 26 heavy (non-hydrogen) atoms. The number of unbranched alkanes of at least 4 members (excludes halogenated alkanes) is 9. The molecule has 0 aromatic carbocycles. The van der Waals surface area contributed by atoms with Crippen LogP contribution >= 0.6 is 0 Å². The van der Waals surface area contributed by atoms with Gasteiger partial charge in [-0.05, 0) is 12.8 Å². The van der Waals surface area contributed by atoms with E-state index in [9.17, 15) is 19.2 Å². The van der Waals surface area contributed by atoms with Crippen LogP contribution in [0.4, 0.5) is 0 Å².